The lowest BCUT2D eigenvalue weighted by molar-refractivity contribution is 0.0648. The molecule has 0 aromatic heterocycles. The van der Waals surface area contributed by atoms with Gasteiger partial charge in [-0.15, -0.1) is 0 Å². The predicted octanol–water partition coefficient (Wildman–Crippen LogP) is 3.53. The van der Waals surface area contributed by atoms with E-state index in [2.05, 4.69) is 18.2 Å². The number of ether oxygens (including phenoxy) is 1. The van der Waals surface area contributed by atoms with E-state index in [0.717, 1.165) is 51.9 Å². The van der Waals surface area contributed by atoms with Crippen molar-refractivity contribution in [3.8, 4) is 0 Å². The zero-order valence-corrected chi connectivity index (χ0v) is 17.6. The molecule has 0 radical (unpaired) electrons. The van der Waals surface area contributed by atoms with Crippen molar-refractivity contribution in [3.63, 3.8) is 0 Å². The van der Waals surface area contributed by atoms with Crippen molar-refractivity contribution in [3.05, 3.63) is 34.9 Å². The second-order valence-corrected chi connectivity index (χ2v) is 9.41. The second kappa shape index (κ2) is 9.20. The molecule has 1 atom stereocenters. The number of amides is 1. The summed E-state index contributed by atoms with van der Waals surface area (Å²) < 4.78 is 19.0. The number of likely N-dealkylation sites (tertiary alicyclic amines) is 1. The minimum absolute atomic E-state index is 0.0522. The summed E-state index contributed by atoms with van der Waals surface area (Å²) in [5.41, 5.74) is 4.14. The van der Waals surface area contributed by atoms with Gasteiger partial charge in [0.15, 0.2) is 0 Å². The zero-order valence-electron chi connectivity index (χ0n) is 16.8. The molecule has 1 aromatic rings. The molecule has 6 heteroatoms. The average Bonchev–Trinajstić information content (AvgIpc) is 2.65. The van der Waals surface area contributed by atoms with Crippen LogP contribution in [0.1, 0.15) is 49.8 Å². The molecule has 1 unspecified atom stereocenters. The Morgan fingerprint density at radius 1 is 1.22 bits per heavy atom. The molecular formula is C21H32N2O3S. The fourth-order valence-corrected chi connectivity index (χ4v) is 4.68. The molecule has 1 saturated heterocycles. The first-order valence-corrected chi connectivity index (χ1v) is 11.6. The number of hydrogen-bond acceptors (Lipinski definition) is 3. The Morgan fingerprint density at radius 2 is 1.96 bits per heavy atom. The van der Waals surface area contributed by atoms with Crippen molar-refractivity contribution in [2.45, 2.75) is 58.6 Å². The van der Waals surface area contributed by atoms with Gasteiger partial charge in [-0.1, -0.05) is 18.2 Å². The molecule has 2 heterocycles. The minimum atomic E-state index is -0.885. The highest BCUT2D eigenvalue weighted by Crippen LogP contribution is 2.25. The zero-order chi connectivity index (χ0) is 19.4. The van der Waals surface area contributed by atoms with Gasteiger partial charge in [-0.2, -0.15) is 0 Å². The van der Waals surface area contributed by atoms with Gasteiger partial charge >= 0.3 is 6.09 Å². The van der Waals surface area contributed by atoms with Crippen LogP contribution in [-0.4, -0.2) is 51.5 Å². The number of fused-ring (bicyclic) bond motifs is 1. The molecule has 1 amide bonds. The molecule has 1 fully saturated rings. The van der Waals surface area contributed by atoms with Crippen molar-refractivity contribution in [2.75, 3.05) is 25.9 Å². The van der Waals surface area contributed by atoms with Crippen molar-refractivity contribution < 1.29 is 13.7 Å². The van der Waals surface area contributed by atoms with Crippen LogP contribution in [0.4, 0.5) is 4.79 Å². The smallest absolute Gasteiger partial charge is 0.410 e. The van der Waals surface area contributed by atoms with E-state index in [1.807, 2.05) is 23.1 Å². The molecule has 0 saturated carbocycles. The molecule has 2 aliphatic rings. The number of rotatable bonds is 5. The highest BCUT2D eigenvalue weighted by atomic mass is 32.2. The van der Waals surface area contributed by atoms with Crippen LogP contribution in [-0.2, 0) is 35.1 Å². The topological polar surface area (TPSA) is 49.9 Å². The second-order valence-electron chi connectivity index (χ2n) is 8.04. The molecule has 0 N–H and O–H groups in total. The number of aryl methyl sites for hydroxylation is 1. The molecule has 0 spiro atoms. The van der Waals surface area contributed by atoms with E-state index in [-0.39, 0.29) is 12.2 Å². The maximum absolute atomic E-state index is 12.0. The molecule has 150 valence electrons. The Balaban J connectivity index is 1.46. The van der Waals surface area contributed by atoms with Gasteiger partial charge in [0.05, 0.1) is 17.1 Å². The van der Waals surface area contributed by atoms with Gasteiger partial charge in [-0.25, -0.2) is 13.3 Å². The Hall–Kier alpha value is -1.40. The fraction of sp³-hybridized carbons (Fsp3) is 0.667. The Kier molecular flexibility index (Phi) is 6.93. The molecule has 27 heavy (non-hydrogen) atoms. The lowest BCUT2D eigenvalue weighted by Gasteiger charge is -2.32. The molecule has 0 aliphatic carbocycles. The standard InChI is InChI=1S/C21H32N2O3S/c1-16(2)26-21(24)22-11-8-17(9-12-22)4-5-18-6-7-20-15-23(27(3)25)13-10-19(20)14-18/h6-7,14,16-17H,4-5,8-13,15H2,1-3H3. The molecule has 5 nitrogen and oxygen atoms in total. The van der Waals surface area contributed by atoms with Gasteiger partial charge in [0.1, 0.15) is 0 Å². The third kappa shape index (κ3) is 5.55. The average molecular weight is 393 g/mol. The number of carbonyl (C=O) groups excluding carboxylic acids is 1. The van der Waals surface area contributed by atoms with Crippen LogP contribution in [0.2, 0.25) is 0 Å². The quantitative estimate of drug-likeness (QED) is 0.770. The summed E-state index contributed by atoms with van der Waals surface area (Å²) in [6.45, 7) is 7.08. The van der Waals surface area contributed by atoms with E-state index in [4.69, 9.17) is 4.74 Å². The van der Waals surface area contributed by atoms with E-state index in [9.17, 15) is 9.00 Å². The van der Waals surface area contributed by atoms with Gasteiger partial charge in [0.25, 0.3) is 0 Å². The lowest BCUT2D eigenvalue weighted by Crippen LogP contribution is -2.39. The van der Waals surface area contributed by atoms with Crippen molar-refractivity contribution in [1.82, 2.24) is 9.21 Å². The minimum Gasteiger partial charge on any atom is -0.447 e. The largest absolute Gasteiger partial charge is 0.447 e. The maximum atomic E-state index is 12.0. The van der Waals surface area contributed by atoms with Crippen molar-refractivity contribution >= 4 is 17.1 Å². The normalized spacial score (nSPS) is 19.8. The molecule has 2 aliphatic heterocycles. The van der Waals surface area contributed by atoms with E-state index in [0.29, 0.717) is 5.92 Å². The predicted molar refractivity (Wildman–Crippen MR) is 109 cm³/mol. The van der Waals surface area contributed by atoms with Crippen LogP contribution < -0.4 is 0 Å². The monoisotopic (exact) mass is 392 g/mol. The SMILES string of the molecule is CC(C)OC(=O)N1CCC(CCc2ccc3c(c2)CCN(S(C)=O)C3)CC1. The van der Waals surface area contributed by atoms with E-state index >= 15 is 0 Å². The number of nitrogens with zero attached hydrogens (tertiary/aromatic N) is 2. The summed E-state index contributed by atoms with van der Waals surface area (Å²) in [5, 5.41) is 0. The van der Waals surface area contributed by atoms with Crippen LogP contribution in [0.3, 0.4) is 0 Å². The van der Waals surface area contributed by atoms with Crippen molar-refractivity contribution in [1.29, 1.82) is 0 Å². The summed E-state index contributed by atoms with van der Waals surface area (Å²) >= 11 is 0. The van der Waals surface area contributed by atoms with Crippen LogP contribution in [0.25, 0.3) is 0 Å². The van der Waals surface area contributed by atoms with Gasteiger partial charge in [0.2, 0.25) is 0 Å². The Labute approximate surface area is 165 Å². The lowest BCUT2D eigenvalue weighted by atomic mass is 9.89. The third-order valence-corrected chi connectivity index (χ3v) is 6.70. The molecule has 1 aromatic carbocycles. The molecule has 0 bridgehead atoms. The van der Waals surface area contributed by atoms with Crippen LogP contribution in [0.5, 0.6) is 0 Å². The van der Waals surface area contributed by atoms with Gasteiger partial charge in [-0.3, -0.25) is 0 Å². The number of piperidine rings is 1. The Morgan fingerprint density at radius 3 is 2.63 bits per heavy atom. The molecule has 3 rings (SSSR count). The number of hydrogen-bond donors (Lipinski definition) is 0. The highest BCUT2D eigenvalue weighted by Gasteiger charge is 2.24. The maximum Gasteiger partial charge on any atom is 0.410 e. The van der Waals surface area contributed by atoms with Gasteiger partial charge in [0, 0.05) is 32.4 Å². The summed E-state index contributed by atoms with van der Waals surface area (Å²) in [4.78, 5) is 13.8. The van der Waals surface area contributed by atoms with E-state index < -0.39 is 11.0 Å². The van der Waals surface area contributed by atoms with Crippen LogP contribution in [0.15, 0.2) is 18.2 Å². The Bertz CT molecular complexity index is 684. The van der Waals surface area contributed by atoms with E-state index in [1.54, 1.807) is 6.26 Å². The van der Waals surface area contributed by atoms with Gasteiger partial charge in [-0.05, 0) is 68.6 Å². The first kappa shape index (κ1) is 20.3. The third-order valence-electron chi connectivity index (χ3n) is 5.66. The first-order valence-electron chi connectivity index (χ1n) is 10.1. The summed E-state index contributed by atoms with van der Waals surface area (Å²) in [6, 6.07) is 6.80. The summed E-state index contributed by atoms with van der Waals surface area (Å²) in [5.74, 6) is 0.683. The van der Waals surface area contributed by atoms with E-state index in [1.165, 1.54) is 23.1 Å². The number of benzene rings is 1. The van der Waals surface area contributed by atoms with Crippen LogP contribution in [0, 0.1) is 5.92 Å². The van der Waals surface area contributed by atoms with Crippen molar-refractivity contribution in [2.24, 2.45) is 5.92 Å². The molecular weight excluding hydrogens is 360 g/mol. The summed E-state index contributed by atoms with van der Waals surface area (Å²) in [6.07, 6.45) is 6.93. The van der Waals surface area contributed by atoms with Gasteiger partial charge < -0.3 is 9.64 Å². The fourth-order valence-electron chi connectivity index (χ4n) is 4.01. The number of carbonyl (C=O) groups is 1. The summed E-state index contributed by atoms with van der Waals surface area (Å²) in [7, 11) is -0.885. The highest BCUT2D eigenvalue weighted by molar-refractivity contribution is 7.81. The van der Waals surface area contributed by atoms with Crippen LogP contribution >= 0.6 is 0 Å². The first-order chi connectivity index (χ1) is 12.9.